The van der Waals surface area contributed by atoms with E-state index in [-0.39, 0.29) is 18.2 Å². The van der Waals surface area contributed by atoms with Gasteiger partial charge in [0.05, 0.1) is 13.2 Å². The number of rotatable bonds is 13. The van der Waals surface area contributed by atoms with Gasteiger partial charge in [-0.3, -0.25) is 0 Å². The zero-order valence-corrected chi connectivity index (χ0v) is 23.4. The molecule has 0 atom stereocenters. The Bertz CT molecular complexity index is 1310. The Kier molecular flexibility index (Phi) is 11.5. The zero-order valence-electron chi connectivity index (χ0n) is 22.6. The largest absolute Gasteiger partial charge is 0.493 e. The summed E-state index contributed by atoms with van der Waals surface area (Å²) in [6, 6.07) is 26.4. The van der Waals surface area contributed by atoms with Gasteiger partial charge in [-0.05, 0) is 59.9 Å². The van der Waals surface area contributed by atoms with E-state index in [0.29, 0.717) is 25.6 Å². The number of aryl methyl sites for hydroxylation is 1. The van der Waals surface area contributed by atoms with E-state index in [1.165, 1.54) is 12.1 Å². The number of hydrogen-bond acceptors (Lipinski definition) is 4. The molecule has 0 aliphatic rings. The molecule has 0 unspecified atom stereocenters. The number of anilines is 1. The summed E-state index contributed by atoms with van der Waals surface area (Å²) in [5.74, 6) is 2.07. The minimum Gasteiger partial charge on any atom is -0.493 e. The van der Waals surface area contributed by atoms with E-state index in [4.69, 9.17) is 19.9 Å². The molecule has 4 rings (SSSR count). The fourth-order valence-corrected chi connectivity index (χ4v) is 4.39. The van der Waals surface area contributed by atoms with Gasteiger partial charge >= 0.3 is 0 Å². The molecule has 0 aliphatic heterocycles. The third-order valence-corrected chi connectivity index (χ3v) is 6.41. The van der Waals surface area contributed by atoms with Gasteiger partial charge in [0.25, 0.3) is 0 Å². The monoisotopic (exact) mass is 549 g/mol. The van der Waals surface area contributed by atoms with Crippen molar-refractivity contribution in [1.29, 1.82) is 0 Å². The summed E-state index contributed by atoms with van der Waals surface area (Å²) in [4.78, 5) is 0. The smallest absolute Gasteiger partial charge is 0.131 e. The van der Waals surface area contributed by atoms with Crippen molar-refractivity contribution in [2.75, 3.05) is 18.9 Å². The van der Waals surface area contributed by atoms with Crippen LogP contribution in [0.3, 0.4) is 0 Å². The molecule has 4 nitrogen and oxygen atoms in total. The molecule has 2 N–H and O–H groups in total. The molecule has 4 aromatic carbocycles. The highest BCUT2D eigenvalue weighted by Gasteiger charge is 2.14. The predicted molar refractivity (Wildman–Crippen MR) is 160 cm³/mol. The topological polar surface area (TPSA) is 53.7 Å². The Morgan fingerprint density at radius 3 is 2.15 bits per heavy atom. The predicted octanol–water partition coefficient (Wildman–Crippen LogP) is 8.44. The molecule has 0 spiro atoms. The van der Waals surface area contributed by atoms with E-state index in [2.05, 4.69) is 19.9 Å². The van der Waals surface area contributed by atoms with Gasteiger partial charge in [-0.2, -0.15) is 0 Å². The summed E-state index contributed by atoms with van der Waals surface area (Å²) < 4.78 is 32.1. The van der Waals surface area contributed by atoms with Crippen LogP contribution in [0.2, 0.25) is 0 Å². The van der Waals surface area contributed by atoms with Crippen molar-refractivity contribution in [1.82, 2.24) is 0 Å². The molecular weight excluding hydrogens is 513 g/mol. The minimum atomic E-state index is -0.265. The number of nitrogens with two attached hydrogens (primary N) is 1. The van der Waals surface area contributed by atoms with Crippen LogP contribution in [0, 0.1) is 5.82 Å². The first kappa shape index (κ1) is 29.9. The Morgan fingerprint density at radius 2 is 1.46 bits per heavy atom. The molecule has 0 saturated heterocycles. The first-order chi connectivity index (χ1) is 18.6. The molecule has 0 heterocycles. The normalized spacial score (nSPS) is 10.5. The van der Waals surface area contributed by atoms with Crippen LogP contribution in [0.5, 0.6) is 17.2 Å². The third-order valence-electron chi connectivity index (χ3n) is 6.41. The quantitative estimate of drug-likeness (QED) is 0.134. The summed E-state index contributed by atoms with van der Waals surface area (Å²) in [5, 5.41) is 0. The number of benzene rings is 4. The molecular formula is C33H37ClFNO3. The van der Waals surface area contributed by atoms with Crippen molar-refractivity contribution in [2.45, 2.75) is 46.1 Å². The second-order valence-electron chi connectivity index (χ2n) is 9.22. The molecule has 39 heavy (non-hydrogen) atoms. The second-order valence-corrected chi connectivity index (χ2v) is 9.22. The third kappa shape index (κ3) is 8.14. The van der Waals surface area contributed by atoms with Gasteiger partial charge in [-0.15, -0.1) is 12.4 Å². The van der Waals surface area contributed by atoms with Crippen LogP contribution >= 0.6 is 12.4 Å². The van der Waals surface area contributed by atoms with Crippen molar-refractivity contribution >= 4 is 18.1 Å². The fourth-order valence-electron chi connectivity index (χ4n) is 4.39. The van der Waals surface area contributed by atoms with E-state index >= 15 is 0 Å². The van der Waals surface area contributed by atoms with Gasteiger partial charge in [0.1, 0.15) is 29.7 Å². The Hall–Kier alpha value is -3.70. The van der Waals surface area contributed by atoms with Crippen LogP contribution in [0.1, 0.15) is 43.4 Å². The number of hydrogen-bond donors (Lipinski definition) is 1. The summed E-state index contributed by atoms with van der Waals surface area (Å²) in [5.41, 5.74) is 11.9. The van der Waals surface area contributed by atoms with Gasteiger partial charge in [0.2, 0.25) is 0 Å². The van der Waals surface area contributed by atoms with Crippen LogP contribution in [0.4, 0.5) is 10.1 Å². The lowest BCUT2D eigenvalue weighted by atomic mass is 10.00. The number of nitrogen functional groups attached to an aromatic ring is 1. The standard InChI is InChI=1S/C33H36FNO3.ClH/c1-3-10-28-30(35)13-8-14-31(28)36-19-9-20-37-32-22-33(38-23-24-11-6-5-7-12-24)29(21-25(32)4-2)26-15-17-27(34)18-16-26;/h5-8,11-18,21-22H,3-4,9-10,19-20,23,35H2,1-2H3;1H. The molecule has 0 aromatic heterocycles. The highest BCUT2D eigenvalue weighted by atomic mass is 35.5. The molecule has 0 radical (unpaired) electrons. The first-order valence-electron chi connectivity index (χ1n) is 13.3. The van der Waals surface area contributed by atoms with Gasteiger partial charge in [-0.25, -0.2) is 4.39 Å². The van der Waals surface area contributed by atoms with Crippen LogP contribution < -0.4 is 19.9 Å². The lowest BCUT2D eigenvalue weighted by molar-refractivity contribution is 0.243. The van der Waals surface area contributed by atoms with E-state index in [9.17, 15) is 4.39 Å². The van der Waals surface area contributed by atoms with Crippen LogP contribution in [-0.2, 0) is 19.4 Å². The zero-order chi connectivity index (χ0) is 26.7. The van der Waals surface area contributed by atoms with Crippen molar-refractivity contribution in [2.24, 2.45) is 0 Å². The molecule has 0 amide bonds. The van der Waals surface area contributed by atoms with Gasteiger partial charge in [-0.1, -0.05) is 68.8 Å². The molecule has 4 aromatic rings. The number of halogens is 2. The molecule has 206 valence electrons. The van der Waals surface area contributed by atoms with E-state index < -0.39 is 0 Å². The summed E-state index contributed by atoms with van der Waals surface area (Å²) in [7, 11) is 0. The Labute approximate surface area is 237 Å². The molecule has 6 heteroatoms. The van der Waals surface area contributed by atoms with Crippen molar-refractivity contribution in [3.63, 3.8) is 0 Å². The lowest BCUT2D eigenvalue weighted by Crippen LogP contribution is -2.08. The van der Waals surface area contributed by atoms with Gasteiger partial charge in [0, 0.05) is 29.3 Å². The highest BCUT2D eigenvalue weighted by Crippen LogP contribution is 2.37. The summed E-state index contributed by atoms with van der Waals surface area (Å²) in [6.45, 7) is 5.70. The van der Waals surface area contributed by atoms with E-state index in [0.717, 1.165) is 70.7 Å². The van der Waals surface area contributed by atoms with Crippen LogP contribution in [0.15, 0.2) is 84.9 Å². The molecule has 0 saturated carbocycles. The number of ether oxygens (including phenoxy) is 3. The SMILES string of the molecule is CCCc1c(N)cccc1OCCCOc1cc(OCc2ccccc2)c(-c2ccc(F)cc2)cc1CC.Cl. The molecule has 0 aliphatic carbocycles. The van der Waals surface area contributed by atoms with Crippen LogP contribution in [-0.4, -0.2) is 13.2 Å². The van der Waals surface area contributed by atoms with Crippen molar-refractivity contribution in [3.8, 4) is 28.4 Å². The van der Waals surface area contributed by atoms with Gasteiger partial charge in [0.15, 0.2) is 0 Å². The maximum absolute atomic E-state index is 13.6. The molecule has 0 bridgehead atoms. The Balaban J connectivity index is 0.00000420. The summed E-state index contributed by atoms with van der Waals surface area (Å²) in [6.07, 6.45) is 3.42. The van der Waals surface area contributed by atoms with E-state index in [1.807, 2.05) is 54.6 Å². The van der Waals surface area contributed by atoms with Crippen molar-refractivity contribution < 1.29 is 18.6 Å². The lowest BCUT2D eigenvalue weighted by Gasteiger charge is -2.18. The fraction of sp³-hybridized carbons (Fsp3) is 0.273. The highest BCUT2D eigenvalue weighted by molar-refractivity contribution is 5.85. The first-order valence-corrected chi connectivity index (χ1v) is 13.3. The molecule has 0 fully saturated rings. The van der Waals surface area contributed by atoms with E-state index in [1.54, 1.807) is 12.1 Å². The van der Waals surface area contributed by atoms with Crippen molar-refractivity contribution in [3.05, 3.63) is 107 Å². The maximum Gasteiger partial charge on any atom is 0.131 e. The average molecular weight is 550 g/mol. The van der Waals surface area contributed by atoms with Gasteiger partial charge < -0.3 is 19.9 Å². The van der Waals surface area contributed by atoms with Crippen LogP contribution in [0.25, 0.3) is 11.1 Å². The second kappa shape index (κ2) is 15.0. The minimum absolute atomic E-state index is 0. The summed E-state index contributed by atoms with van der Waals surface area (Å²) >= 11 is 0. The average Bonchev–Trinajstić information content (AvgIpc) is 2.94. The maximum atomic E-state index is 13.6. The Morgan fingerprint density at radius 1 is 0.744 bits per heavy atom.